The van der Waals surface area contributed by atoms with Crippen LogP contribution >= 0.6 is 0 Å². The summed E-state index contributed by atoms with van der Waals surface area (Å²) < 4.78 is 0. The largest absolute Gasteiger partial charge is 0.312 e. The van der Waals surface area contributed by atoms with Crippen molar-refractivity contribution in [2.75, 3.05) is 19.8 Å². The molecule has 1 aromatic rings. The van der Waals surface area contributed by atoms with Gasteiger partial charge in [-0.1, -0.05) is 38.6 Å². The van der Waals surface area contributed by atoms with Crippen molar-refractivity contribution in [2.24, 2.45) is 21.1 Å². The molecule has 0 aromatic carbocycles. The predicted octanol–water partition coefficient (Wildman–Crippen LogP) is 2.98. The van der Waals surface area contributed by atoms with Crippen LogP contribution in [0.3, 0.4) is 0 Å². The molecule has 1 aromatic heterocycles. The van der Waals surface area contributed by atoms with Crippen LogP contribution in [0.4, 0.5) is 0 Å². The van der Waals surface area contributed by atoms with E-state index >= 15 is 0 Å². The van der Waals surface area contributed by atoms with Crippen molar-refractivity contribution >= 4 is 11.4 Å². The topological polar surface area (TPSA) is 66.9 Å². The highest BCUT2D eigenvalue weighted by molar-refractivity contribution is 5.99. The summed E-state index contributed by atoms with van der Waals surface area (Å²) in [5.74, 6) is 0. The number of nitrogens with zero attached hydrogens (tertiary/aromatic N) is 4. The third kappa shape index (κ3) is 6.57. The number of nitrogens with two attached hydrogens (primary N) is 1. The SMILES string of the molecule is C=C/C(CN(CC1=NC=CC(C)(C)C=C1)Cc1ccccn1)=N\CN. The Hall–Kier alpha value is -2.37. The number of hydrogen-bond donors (Lipinski definition) is 1. The lowest BCUT2D eigenvalue weighted by molar-refractivity contribution is 0.343. The van der Waals surface area contributed by atoms with Crippen molar-refractivity contribution in [2.45, 2.75) is 20.4 Å². The summed E-state index contributed by atoms with van der Waals surface area (Å²) in [5, 5.41) is 0. The molecule has 1 aliphatic heterocycles. The molecule has 2 rings (SSSR count). The highest BCUT2D eigenvalue weighted by atomic mass is 15.1. The molecule has 5 nitrogen and oxygen atoms in total. The van der Waals surface area contributed by atoms with Gasteiger partial charge in [0.15, 0.2) is 0 Å². The van der Waals surface area contributed by atoms with Gasteiger partial charge in [0.05, 0.1) is 18.1 Å². The van der Waals surface area contributed by atoms with Crippen LogP contribution in [0.2, 0.25) is 0 Å². The Kier molecular flexibility index (Phi) is 6.98. The average Bonchev–Trinajstić information content (AvgIpc) is 2.76. The van der Waals surface area contributed by atoms with Crippen LogP contribution < -0.4 is 5.73 Å². The lowest BCUT2D eigenvalue weighted by atomic mass is 9.93. The third-order valence-electron chi connectivity index (χ3n) is 3.86. The number of aromatic nitrogens is 1. The predicted molar refractivity (Wildman–Crippen MR) is 106 cm³/mol. The number of hydrogen-bond acceptors (Lipinski definition) is 5. The Morgan fingerprint density at radius 1 is 1.32 bits per heavy atom. The quantitative estimate of drug-likeness (QED) is 0.742. The summed E-state index contributed by atoms with van der Waals surface area (Å²) >= 11 is 0. The molecule has 2 heterocycles. The van der Waals surface area contributed by atoms with Crippen molar-refractivity contribution < 1.29 is 0 Å². The second-order valence-corrected chi connectivity index (χ2v) is 6.59. The van der Waals surface area contributed by atoms with Gasteiger partial charge in [0, 0.05) is 43.2 Å². The number of rotatable bonds is 8. The van der Waals surface area contributed by atoms with Crippen LogP contribution in [0, 0.1) is 5.41 Å². The van der Waals surface area contributed by atoms with Gasteiger partial charge in [-0.2, -0.15) is 0 Å². The summed E-state index contributed by atoms with van der Waals surface area (Å²) in [6.07, 6.45) is 11.8. The first-order valence-corrected chi connectivity index (χ1v) is 8.44. The van der Waals surface area contributed by atoms with Gasteiger partial charge in [-0.05, 0) is 24.3 Å². The van der Waals surface area contributed by atoms with E-state index in [1.165, 1.54) is 0 Å². The molecule has 1 aliphatic rings. The van der Waals surface area contributed by atoms with E-state index < -0.39 is 0 Å². The van der Waals surface area contributed by atoms with Gasteiger partial charge in [0.25, 0.3) is 0 Å². The van der Waals surface area contributed by atoms with Gasteiger partial charge in [0.2, 0.25) is 0 Å². The zero-order chi connectivity index (χ0) is 18.1. The maximum Gasteiger partial charge on any atom is 0.0863 e. The van der Waals surface area contributed by atoms with Gasteiger partial charge in [-0.15, -0.1) is 0 Å². The normalized spacial score (nSPS) is 16.6. The molecular weight excluding hydrogens is 310 g/mol. The Labute approximate surface area is 150 Å². The van der Waals surface area contributed by atoms with Gasteiger partial charge in [-0.25, -0.2) is 0 Å². The molecule has 0 saturated heterocycles. The molecular formula is C20H27N5. The number of aliphatic imine (C=N–C) groups is 2. The van der Waals surface area contributed by atoms with E-state index in [-0.39, 0.29) is 12.1 Å². The second-order valence-electron chi connectivity index (χ2n) is 6.59. The highest BCUT2D eigenvalue weighted by Gasteiger charge is 2.15. The molecule has 0 amide bonds. The third-order valence-corrected chi connectivity index (χ3v) is 3.86. The minimum absolute atomic E-state index is 0.0182. The lowest BCUT2D eigenvalue weighted by Crippen LogP contribution is -2.33. The Bertz CT molecular complexity index is 683. The fourth-order valence-electron chi connectivity index (χ4n) is 2.47. The van der Waals surface area contributed by atoms with Gasteiger partial charge >= 0.3 is 0 Å². The zero-order valence-electron chi connectivity index (χ0n) is 15.1. The van der Waals surface area contributed by atoms with Gasteiger partial charge in [-0.3, -0.25) is 19.9 Å². The minimum Gasteiger partial charge on any atom is -0.312 e. The molecule has 0 atom stereocenters. The monoisotopic (exact) mass is 337 g/mol. The molecule has 0 bridgehead atoms. The summed E-state index contributed by atoms with van der Waals surface area (Å²) in [4.78, 5) is 15.5. The fourth-order valence-corrected chi connectivity index (χ4v) is 2.47. The second kappa shape index (κ2) is 9.20. The van der Waals surface area contributed by atoms with E-state index in [4.69, 9.17) is 5.73 Å². The highest BCUT2D eigenvalue weighted by Crippen LogP contribution is 2.21. The first kappa shape index (κ1) is 19.0. The van der Waals surface area contributed by atoms with Crippen molar-refractivity contribution in [3.8, 4) is 0 Å². The molecule has 25 heavy (non-hydrogen) atoms. The van der Waals surface area contributed by atoms with Crippen molar-refractivity contribution in [1.29, 1.82) is 0 Å². The first-order chi connectivity index (χ1) is 12.0. The summed E-state index contributed by atoms with van der Waals surface area (Å²) in [5.41, 5.74) is 8.46. The molecule has 0 radical (unpaired) electrons. The molecule has 2 N–H and O–H groups in total. The first-order valence-electron chi connectivity index (χ1n) is 8.44. The fraction of sp³-hybridized carbons (Fsp3) is 0.350. The molecule has 5 heteroatoms. The van der Waals surface area contributed by atoms with E-state index in [0.717, 1.165) is 17.1 Å². The molecule has 0 unspecified atom stereocenters. The van der Waals surface area contributed by atoms with Gasteiger partial charge in [0.1, 0.15) is 0 Å². The summed E-state index contributed by atoms with van der Waals surface area (Å²) in [7, 11) is 0. The van der Waals surface area contributed by atoms with Crippen LogP contribution in [0.15, 0.2) is 71.5 Å². The molecule has 0 saturated carbocycles. The van der Waals surface area contributed by atoms with Crippen molar-refractivity contribution in [3.05, 3.63) is 67.2 Å². The number of pyridine rings is 1. The zero-order valence-corrected chi connectivity index (χ0v) is 15.1. The van der Waals surface area contributed by atoms with Crippen LogP contribution in [0.1, 0.15) is 19.5 Å². The lowest BCUT2D eigenvalue weighted by Gasteiger charge is -2.22. The van der Waals surface area contributed by atoms with Crippen molar-refractivity contribution in [3.63, 3.8) is 0 Å². The van der Waals surface area contributed by atoms with Gasteiger partial charge < -0.3 is 5.73 Å². The van der Waals surface area contributed by atoms with E-state index in [1.54, 1.807) is 6.08 Å². The Morgan fingerprint density at radius 3 is 2.84 bits per heavy atom. The van der Waals surface area contributed by atoms with E-state index in [9.17, 15) is 0 Å². The van der Waals surface area contributed by atoms with Crippen LogP contribution in [-0.4, -0.2) is 41.1 Å². The van der Waals surface area contributed by atoms with E-state index in [1.807, 2.05) is 30.6 Å². The Morgan fingerprint density at radius 2 is 2.16 bits per heavy atom. The molecule has 0 spiro atoms. The van der Waals surface area contributed by atoms with Crippen LogP contribution in [0.5, 0.6) is 0 Å². The molecule has 0 fully saturated rings. The molecule has 0 aliphatic carbocycles. The number of allylic oxidation sites excluding steroid dienone is 2. The standard InChI is InChI=1S/C20H27N5/c1-4-17(24-16-21)13-25(14-18-7-5-6-11-22-18)15-19-8-9-20(2,3)10-12-23-19/h4-12H,1,13-16,21H2,2-3H3/b24-17+. The summed E-state index contributed by atoms with van der Waals surface area (Å²) in [6, 6.07) is 5.94. The van der Waals surface area contributed by atoms with Crippen LogP contribution in [0.25, 0.3) is 0 Å². The van der Waals surface area contributed by atoms with Crippen LogP contribution in [-0.2, 0) is 6.54 Å². The molecule has 132 valence electrons. The maximum atomic E-state index is 5.56. The average molecular weight is 337 g/mol. The Balaban J connectivity index is 2.16. The van der Waals surface area contributed by atoms with E-state index in [2.05, 4.69) is 58.5 Å². The smallest absolute Gasteiger partial charge is 0.0863 e. The maximum absolute atomic E-state index is 5.56. The van der Waals surface area contributed by atoms with Crippen molar-refractivity contribution in [1.82, 2.24) is 9.88 Å². The minimum atomic E-state index is 0.0182. The summed E-state index contributed by atoms with van der Waals surface area (Å²) in [6.45, 7) is 10.5. The van der Waals surface area contributed by atoms with E-state index in [0.29, 0.717) is 19.6 Å².